The molecular weight excluding hydrogens is 448 g/mol. The Morgan fingerprint density at radius 1 is 0.848 bits per heavy atom. The fourth-order valence-corrected chi connectivity index (χ4v) is 4.95. The van der Waals surface area contributed by atoms with Gasteiger partial charge in [0.1, 0.15) is 10.4 Å². The number of aromatic nitrogens is 3. The van der Waals surface area contributed by atoms with Crippen LogP contribution in [0.1, 0.15) is 0 Å². The molecule has 10 nitrogen and oxygen atoms in total. The van der Waals surface area contributed by atoms with Crippen molar-refractivity contribution in [1.29, 1.82) is 0 Å². The zero-order chi connectivity index (χ0) is 23.6. The van der Waals surface area contributed by atoms with Crippen LogP contribution in [0, 0.1) is 0 Å². The average molecular weight is 466 g/mol. The minimum absolute atomic E-state index is 0.0296. The van der Waals surface area contributed by atoms with Gasteiger partial charge in [-0.15, -0.1) is 0 Å². The molecule has 2 heterocycles. The molecule has 0 N–H and O–H groups in total. The van der Waals surface area contributed by atoms with Crippen molar-refractivity contribution in [1.82, 2.24) is 14.5 Å². The largest absolute Gasteiger partial charge is 0.452 e. The summed E-state index contributed by atoms with van der Waals surface area (Å²) in [5.41, 5.74) is 0.523. The number of methoxy groups -OCH3 is 2. The number of hydrogen-bond acceptors (Lipinski definition) is 8. The number of amides is 2. The molecule has 0 spiro atoms. The van der Waals surface area contributed by atoms with Crippen molar-refractivity contribution in [3.05, 3.63) is 73.1 Å². The van der Waals surface area contributed by atoms with Crippen LogP contribution in [0.5, 0.6) is 0 Å². The molecule has 0 aliphatic heterocycles. The van der Waals surface area contributed by atoms with Crippen molar-refractivity contribution in [3.63, 3.8) is 0 Å². The van der Waals surface area contributed by atoms with E-state index in [0.29, 0.717) is 10.6 Å². The first-order valence-electron chi connectivity index (χ1n) is 9.58. The Morgan fingerprint density at radius 2 is 1.39 bits per heavy atom. The Balaban J connectivity index is 2.22. The zero-order valence-corrected chi connectivity index (χ0v) is 18.4. The monoisotopic (exact) mass is 466 g/mol. The Labute approximate surface area is 188 Å². The smallest absolute Gasteiger partial charge is 0.424 e. The molecular formula is C22H18N4O6S. The molecule has 0 saturated carbocycles. The van der Waals surface area contributed by atoms with Crippen molar-refractivity contribution < 1.29 is 27.5 Å². The zero-order valence-electron chi connectivity index (χ0n) is 17.6. The molecule has 0 saturated heterocycles. The van der Waals surface area contributed by atoms with Crippen LogP contribution in [-0.2, 0) is 19.3 Å². The van der Waals surface area contributed by atoms with Crippen LogP contribution in [0.15, 0.2) is 82.8 Å². The molecule has 168 valence electrons. The number of imide groups is 1. The van der Waals surface area contributed by atoms with E-state index < -0.39 is 26.9 Å². The molecule has 0 unspecified atom stereocenters. The SMILES string of the molecule is COC(=O)N(C(=O)OC)c1c(S(=O)(=O)c2ccccc2)c2nccnc2n1-c1ccccc1. The standard InChI is InChI=1S/C22H18N4O6S/c1-31-21(27)26(22(28)32-2)20-18(33(29,30)16-11-7-4-8-12-16)17-19(24-14-13-23-17)25(20)15-9-5-3-6-10-15/h3-14H,1-2H3. The summed E-state index contributed by atoms with van der Waals surface area (Å²) in [5.74, 6) is -0.329. The maximum absolute atomic E-state index is 13.8. The van der Waals surface area contributed by atoms with E-state index in [1.807, 2.05) is 0 Å². The minimum Gasteiger partial charge on any atom is -0.452 e. The first-order valence-corrected chi connectivity index (χ1v) is 11.1. The molecule has 0 fully saturated rings. The molecule has 11 heteroatoms. The highest BCUT2D eigenvalue weighted by molar-refractivity contribution is 7.92. The molecule has 4 rings (SSSR count). The van der Waals surface area contributed by atoms with Crippen LogP contribution < -0.4 is 4.90 Å². The number of anilines is 1. The van der Waals surface area contributed by atoms with Crippen LogP contribution in [-0.4, -0.2) is 49.4 Å². The van der Waals surface area contributed by atoms with Gasteiger partial charge in [0.05, 0.1) is 19.1 Å². The van der Waals surface area contributed by atoms with Gasteiger partial charge in [-0.2, -0.15) is 4.90 Å². The Bertz CT molecular complexity index is 1420. The van der Waals surface area contributed by atoms with Crippen LogP contribution >= 0.6 is 0 Å². The van der Waals surface area contributed by atoms with Crippen molar-refractivity contribution in [2.75, 3.05) is 19.1 Å². The summed E-state index contributed by atoms with van der Waals surface area (Å²) >= 11 is 0. The fourth-order valence-electron chi connectivity index (χ4n) is 3.38. The maximum Gasteiger partial charge on any atom is 0.424 e. The number of sulfone groups is 1. The lowest BCUT2D eigenvalue weighted by Gasteiger charge is -2.21. The molecule has 0 aliphatic rings. The number of carbonyl (C=O) groups is 2. The Hall–Kier alpha value is -4.25. The summed E-state index contributed by atoms with van der Waals surface area (Å²) in [7, 11) is -2.16. The van der Waals surface area contributed by atoms with E-state index >= 15 is 0 Å². The molecule has 4 aromatic rings. The number of carbonyl (C=O) groups excluding carboxylic acids is 2. The van der Waals surface area contributed by atoms with Gasteiger partial charge in [-0.25, -0.2) is 28.0 Å². The number of rotatable bonds is 4. The third kappa shape index (κ3) is 3.68. The summed E-state index contributed by atoms with van der Waals surface area (Å²) in [5, 5.41) is 0. The molecule has 2 amide bonds. The molecule has 0 bridgehead atoms. The number of nitrogens with zero attached hydrogens (tertiary/aromatic N) is 4. The molecule has 0 atom stereocenters. The third-order valence-corrected chi connectivity index (χ3v) is 6.59. The maximum atomic E-state index is 13.8. The highest BCUT2D eigenvalue weighted by atomic mass is 32.2. The third-order valence-electron chi connectivity index (χ3n) is 4.78. The van der Waals surface area contributed by atoms with E-state index in [0.717, 1.165) is 14.2 Å². The first-order chi connectivity index (χ1) is 15.9. The van der Waals surface area contributed by atoms with Crippen molar-refractivity contribution >= 4 is 39.0 Å². The second-order valence-electron chi connectivity index (χ2n) is 6.64. The molecule has 2 aromatic heterocycles. The van der Waals surface area contributed by atoms with E-state index in [2.05, 4.69) is 9.97 Å². The number of para-hydroxylation sites is 1. The molecule has 2 aromatic carbocycles. The van der Waals surface area contributed by atoms with E-state index in [4.69, 9.17) is 9.47 Å². The molecule has 0 radical (unpaired) electrons. The second kappa shape index (κ2) is 8.71. The van der Waals surface area contributed by atoms with Gasteiger partial charge in [-0.05, 0) is 24.3 Å². The fraction of sp³-hybridized carbons (Fsp3) is 0.0909. The minimum atomic E-state index is -4.29. The van der Waals surface area contributed by atoms with Gasteiger partial charge in [0.2, 0.25) is 9.84 Å². The van der Waals surface area contributed by atoms with Crippen molar-refractivity contribution in [2.24, 2.45) is 0 Å². The Morgan fingerprint density at radius 3 is 1.97 bits per heavy atom. The summed E-state index contributed by atoms with van der Waals surface area (Å²) in [6.45, 7) is 0. The normalized spacial score (nSPS) is 11.2. The van der Waals surface area contributed by atoms with Crippen LogP contribution in [0.25, 0.3) is 16.9 Å². The number of hydrogen-bond donors (Lipinski definition) is 0. The summed E-state index contributed by atoms with van der Waals surface area (Å²) in [4.78, 5) is 34.1. The van der Waals surface area contributed by atoms with Crippen molar-refractivity contribution in [3.8, 4) is 5.69 Å². The second-order valence-corrected chi connectivity index (χ2v) is 8.53. The highest BCUT2D eigenvalue weighted by Gasteiger charge is 2.39. The lowest BCUT2D eigenvalue weighted by molar-refractivity contribution is 0.159. The van der Waals surface area contributed by atoms with E-state index in [9.17, 15) is 18.0 Å². The van der Waals surface area contributed by atoms with E-state index in [1.165, 1.54) is 29.1 Å². The van der Waals surface area contributed by atoms with Gasteiger partial charge in [0.15, 0.2) is 11.5 Å². The average Bonchev–Trinajstić information content (AvgIpc) is 3.20. The van der Waals surface area contributed by atoms with Crippen LogP contribution in [0.4, 0.5) is 15.4 Å². The predicted molar refractivity (Wildman–Crippen MR) is 118 cm³/mol. The Kier molecular flexibility index (Phi) is 5.80. The quantitative estimate of drug-likeness (QED) is 0.447. The topological polar surface area (TPSA) is 121 Å². The van der Waals surface area contributed by atoms with E-state index in [1.54, 1.807) is 48.5 Å². The lowest BCUT2D eigenvalue weighted by Crippen LogP contribution is -2.39. The number of fused-ring (bicyclic) bond motifs is 1. The van der Waals surface area contributed by atoms with Gasteiger partial charge in [-0.1, -0.05) is 36.4 Å². The van der Waals surface area contributed by atoms with Gasteiger partial charge in [-0.3, -0.25) is 4.57 Å². The highest BCUT2D eigenvalue weighted by Crippen LogP contribution is 2.40. The van der Waals surface area contributed by atoms with Crippen molar-refractivity contribution in [2.45, 2.75) is 9.79 Å². The van der Waals surface area contributed by atoms with Gasteiger partial charge >= 0.3 is 12.2 Å². The summed E-state index contributed by atoms with van der Waals surface area (Å²) < 4.78 is 38.6. The predicted octanol–water partition coefficient (Wildman–Crippen LogP) is 3.59. The number of benzene rings is 2. The lowest BCUT2D eigenvalue weighted by atomic mass is 10.3. The summed E-state index contributed by atoms with van der Waals surface area (Å²) in [6.07, 6.45) is 0.412. The first kappa shape index (κ1) is 22.0. The number of ether oxygens (including phenoxy) is 2. The molecule has 33 heavy (non-hydrogen) atoms. The van der Waals surface area contributed by atoms with Crippen LogP contribution in [0.2, 0.25) is 0 Å². The molecule has 0 aliphatic carbocycles. The van der Waals surface area contributed by atoms with Gasteiger partial charge in [0.25, 0.3) is 0 Å². The van der Waals surface area contributed by atoms with E-state index in [-0.39, 0.29) is 21.9 Å². The van der Waals surface area contributed by atoms with Gasteiger partial charge < -0.3 is 9.47 Å². The van der Waals surface area contributed by atoms with Gasteiger partial charge in [0, 0.05) is 18.1 Å². The summed E-state index contributed by atoms with van der Waals surface area (Å²) in [6, 6.07) is 16.1. The van der Waals surface area contributed by atoms with Crippen LogP contribution in [0.3, 0.4) is 0 Å².